The van der Waals surface area contributed by atoms with E-state index in [0.717, 1.165) is 43.9 Å². The Bertz CT molecular complexity index is 796. The van der Waals surface area contributed by atoms with Gasteiger partial charge in [0.05, 0.1) is 6.04 Å². The lowest BCUT2D eigenvalue weighted by Gasteiger charge is -2.41. The minimum Gasteiger partial charge on any atom is -0.399 e. The van der Waals surface area contributed by atoms with Crippen LogP contribution in [0.1, 0.15) is 43.4 Å². The van der Waals surface area contributed by atoms with Crippen LogP contribution >= 0.6 is 0 Å². The van der Waals surface area contributed by atoms with Crippen molar-refractivity contribution in [3.05, 3.63) is 53.7 Å². The largest absolute Gasteiger partial charge is 0.399 e. The number of pyridine rings is 1. The van der Waals surface area contributed by atoms with E-state index in [-0.39, 0.29) is 17.4 Å². The summed E-state index contributed by atoms with van der Waals surface area (Å²) in [5, 5.41) is 3.14. The van der Waals surface area contributed by atoms with E-state index in [0.29, 0.717) is 0 Å². The van der Waals surface area contributed by atoms with Crippen LogP contribution < -0.4 is 16.0 Å². The summed E-state index contributed by atoms with van der Waals surface area (Å²) in [5.41, 5.74) is 9.50. The normalized spacial score (nSPS) is 21.2. The SMILES string of the molecule is CC(=O)NC1CC2(CCN(c3cc(N)ccn3)CC2)c2ccccc21. The number of nitrogens with one attached hydrogen (secondary N) is 1. The summed E-state index contributed by atoms with van der Waals surface area (Å²) in [4.78, 5) is 18.4. The Kier molecular flexibility index (Phi) is 3.86. The zero-order valence-corrected chi connectivity index (χ0v) is 14.5. The highest BCUT2D eigenvalue weighted by Gasteiger charge is 2.45. The molecule has 3 N–H and O–H groups in total. The van der Waals surface area contributed by atoms with E-state index < -0.39 is 0 Å². The number of nitrogen functional groups attached to an aromatic ring is 1. The molecule has 1 atom stereocenters. The van der Waals surface area contributed by atoms with Crippen molar-refractivity contribution < 1.29 is 4.79 Å². The zero-order chi connectivity index (χ0) is 17.4. The molecule has 0 saturated carbocycles. The maximum atomic E-state index is 11.6. The third kappa shape index (κ3) is 2.84. The molecular weight excluding hydrogens is 312 g/mol. The van der Waals surface area contributed by atoms with E-state index in [1.807, 2.05) is 12.1 Å². The molecular formula is C20H24N4O. The molecule has 1 aliphatic carbocycles. The van der Waals surface area contributed by atoms with Crippen LogP contribution in [-0.4, -0.2) is 24.0 Å². The number of rotatable bonds is 2. The molecule has 1 spiro atoms. The Labute approximate surface area is 148 Å². The van der Waals surface area contributed by atoms with Crippen LogP contribution in [0.4, 0.5) is 11.5 Å². The standard InChI is InChI=1S/C20H24N4O/c1-14(25)23-18-13-20(17-5-3-2-4-16(17)18)7-10-24(11-8-20)19-12-15(21)6-9-22-19/h2-6,9,12,18H,7-8,10-11,13H2,1H3,(H2,21,22)(H,23,25). The van der Waals surface area contributed by atoms with E-state index >= 15 is 0 Å². The molecule has 0 radical (unpaired) electrons. The number of hydrogen-bond acceptors (Lipinski definition) is 4. The van der Waals surface area contributed by atoms with Crippen molar-refractivity contribution in [2.24, 2.45) is 0 Å². The average Bonchev–Trinajstić information content (AvgIpc) is 2.89. The maximum Gasteiger partial charge on any atom is 0.217 e. The molecule has 5 heteroatoms. The van der Waals surface area contributed by atoms with Crippen molar-refractivity contribution in [2.45, 2.75) is 37.6 Å². The van der Waals surface area contributed by atoms with Gasteiger partial charge in [-0.25, -0.2) is 4.98 Å². The maximum absolute atomic E-state index is 11.6. The fourth-order valence-corrected chi connectivity index (χ4v) is 4.51. The third-order valence-electron chi connectivity index (χ3n) is 5.69. The first-order chi connectivity index (χ1) is 12.1. The summed E-state index contributed by atoms with van der Waals surface area (Å²) in [6.07, 6.45) is 4.89. The number of anilines is 2. The van der Waals surface area contributed by atoms with Crippen molar-refractivity contribution in [3.8, 4) is 0 Å². The molecule has 1 aromatic heterocycles. The average molecular weight is 336 g/mol. The lowest BCUT2D eigenvalue weighted by molar-refractivity contribution is -0.119. The van der Waals surface area contributed by atoms with Gasteiger partial charge in [-0.3, -0.25) is 4.79 Å². The molecule has 25 heavy (non-hydrogen) atoms. The molecule has 2 aromatic rings. The number of hydrogen-bond donors (Lipinski definition) is 2. The number of carbonyl (C=O) groups excluding carboxylic acids is 1. The van der Waals surface area contributed by atoms with Crippen molar-refractivity contribution >= 4 is 17.4 Å². The molecule has 4 rings (SSSR count). The second-order valence-corrected chi connectivity index (χ2v) is 7.26. The van der Waals surface area contributed by atoms with Crippen LogP contribution in [0.2, 0.25) is 0 Å². The van der Waals surface area contributed by atoms with E-state index in [4.69, 9.17) is 5.73 Å². The summed E-state index contributed by atoms with van der Waals surface area (Å²) in [6.45, 7) is 3.51. The van der Waals surface area contributed by atoms with Crippen LogP contribution in [0.25, 0.3) is 0 Å². The van der Waals surface area contributed by atoms with Gasteiger partial charge < -0.3 is 16.0 Å². The Balaban J connectivity index is 1.57. The number of carbonyl (C=O) groups is 1. The Hall–Kier alpha value is -2.56. The Morgan fingerprint density at radius 2 is 2.04 bits per heavy atom. The quantitative estimate of drug-likeness (QED) is 0.885. The summed E-state index contributed by atoms with van der Waals surface area (Å²) in [6, 6.07) is 12.5. The molecule has 2 aliphatic rings. The van der Waals surface area contributed by atoms with Crippen LogP contribution in [0.3, 0.4) is 0 Å². The molecule has 1 aliphatic heterocycles. The first-order valence-electron chi connectivity index (χ1n) is 8.90. The monoisotopic (exact) mass is 336 g/mol. The fraction of sp³-hybridized carbons (Fsp3) is 0.400. The van der Waals surface area contributed by atoms with Gasteiger partial charge in [0.15, 0.2) is 0 Å². The van der Waals surface area contributed by atoms with E-state index in [1.54, 1.807) is 13.1 Å². The van der Waals surface area contributed by atoms with Gasteiger partial charge >= 0.3 is 0 Å². The third-order valence-corrected chi connectivity index (χ3v) is 5.69. The molecule has 1 amide bonds. The van der Waals surface area contributed by atoms with Crippen molar-refractivity contribution in [2.75, 3.05) is 23.7 Å². The van der Waals surface area contributed by atoms with Gasteiger partial charge in [0, 0.05) is 43.4 Å². The number of nitrogens with zero attached hydrogens (tertiary/aromatic N) is 2. The predicted octanol–water partition coefficient (Wildman–Crippen LogP) is 2.78. The van der Waals surface area contributed by atoms with Gasteiger partial charge in [-0.15, -0.1) is 0 Å². The topological polar surface area (TPSA) is 71.2 Å². The van der Waals surface area contributed by atoms with Gasteiger partial charge in [0.1, 0.15) is 5.82 Å². The number of nitrogens with two attached hydrogens (primary N) is 1. The zero-order valence-electron chi connectivity index (χ0n) is 14.5. The Morgan fingerprint density at radius 1 is 1.28 bits per heavy atom. The van der Waals surface area contributed by atoms with Crippen molar-refractivity contribution in [1.29, 1.82) is 0 Å². The molecule has 0 bridgehead atoms. The van der Waals surface area contributed by atoms with Crippen molar-refractivity contribution in [1.82, 2.24) is 10.3 Å². The lowest BCUT2D eigenvalue weighted by atomic mass is 9.73. The lowest BCUT2D eigenvalue weighted by Crippen LogP contribution is -2.42. The minimum atomic E-state index is 0.0400. The highest BCUT2D eigenvalue weighted by atomic mass is 16.1. The second-order valence-electron chi connectivity index (χ2n) is 7.26. The second kappa shape index (κ2) is 6.06. The van der Waals surface area contributed by atoms with Crippen LogP contribution in [0.15, 0.2) is 42.6 Å². The van der Waals surface area contributed by atoms with Gasteiger partial charge in [0.2, 0.25) is 5.91 Å². The van der Waals surface area contributed by atoms with Crippen molar-refractivity contribution in [3.63, 3.8) is 0 Å². The van der Waals surface area contributed by atoms with E-state index in [1.165, 1.54) is 11.1 Å². The molecule has 1 unspecified atom stereocenters. The number of benzene rings is 1. The highest BCUT2D eigenvalue weighted by molar-refractivity contribution is 5.74. The molecule has 1 aromatic carbocycles. The molecule has 1 fully saturated rings. The van der Waals surface area contributed by atoms with Gasteiger partial charge in [0.25, 0.3) is 0 Å². The fourth-order valence-electron chi connectivity index (χ4n) is 4.51. The predicted molar refractivity (Wildman–Crippen MR) is 99.4 cm³/mol. The summed E-state index contributed by atoms with van der Waals surface area (Å²) >= 11 is 0. The number of aromatic nitrogens is 1. The molecule has 5 nitrogen and oxygen atoms in total. The highest BCUT2D eigenvalue weighted by Crippen LogP contribution is 2.50. The van der Waals surface area contributed by atoms with Gasteiger partial charge in [-0.2, -0.15) is 0 Å². The van der Waals surface area contributed by atoms with Crippen LogP contribution in [-0.2, 0) is 10.2 Å². The smallest absolute Gasteiger partial charge is 0.217 e. The molecule has 2 heterocycles. The van der Waals surface area contributed by atoms with Crippen LogP contribution in [0.5, 0.6) is 0 Å². The number of amides is 1. The number of piperidine rings is 1. The summed E-state index contributed by atoms with van der Waals surface area (Å²) < 4.78 is 0. The first-order valence-corrected chi connectivity index (χ1v) is 8.90. The number of fused-ring (bicyclic) bond motifs is 2. The van der Waals surface area contributed by atoms with Gasteiger partial charge in [-0.05, 0) is 36.5 Å². The molecule has 130 valence electrons. The van der Waals surface area contributed by atoms with Crippen LogP contribution in [0, 0.1) is 0 Å². The summed E-state index contributed by atoms with van der Waals surface area (Å²) in [5.74, 6) is 0.998. The Morgan fingerprint density at radius 3 is 2.76 bits per heavy atom. The van der Waals surface area contributed by atoms with E-state index in [2.05, 4.69) is 39.5 Å². The van der Waals surface area contributed by atoms with Gasteiger partial charge in [-0.1, -0.05) is 24.3 Å². The summed E-state index contributed by atoms with van der Waals surface area (Å²) in [7, 11) is 0. The van der Waals surface area contributed by atoms with E-state index in [9.17, 15) is 4.79 Å². The minimum absolute atomic E-state index is 0.0400. The molecule has 1 saturated heterocycles. The first kappa shape index (κ1) is 15.9.